The van der Waals surface area contributed by atoms with Crippen molar-refractivity contribution in [1.82, 2.24) is 4.90 Å². The van der Waals surface area contributed by atoms with Crippen LogP contribution >= 0.6 is 11.6 Å². The summed E-state index contributed by atoms with van der Waals surface area (Å²) in [5.41, 5.74) is 0.577. The van der Waals surface area contributed by atoms with Crippen LogP contribution in [-0.4, -0.2) is 30.3 Å². The Hall–Kier alpha value is -1.55. The van der Waals surface area contributed by atoms with Crippen molar-refractivity contribution in [2.45, 2.75) is 32.1 Å². The highest BCUT2D eigenvalue weighted by atomic mass is 35.5. The molecule has 124 valence electrons. The van der Waals surface area contributed by atoms with Gasteiger partial charge in [-0.15, -0.1) is 0 Å². The van der Waals surface area contributed by atoms with Gasteiger partial charge in [-0.2, -0.15) is 0 Å². The molecule has 3 atom stereocenters. The molecule has 0 aliphatic heterocycles. The Labute approximate surface area is 142 Å². The Morgan fingerprint density at radius 1 is 1.26 bits per heavy atom. The van der Waals surface area contributed by atoms with E-state index in [1.165, 1.54) is 30.6 Å². The predicted molar refractivity (Wildman–Crippen MR) is 91.3 cm³/mol. The molecule has 2 bridgehead atoms. The van der Waals surface area contributed by atoms with Crippen LogP contribution in [0.3, 0.4) is 0 Å². The van der Waals surface area contributed by atoms with Crippen LogP contribution in [-0.2, 0) is 9.59 Å². The van der Waals surface area contributed by atoms with Gasteiger partial charge in [0, 0.05) is 13.5 Å². The molecule has 0 saturated heterocycles. The number of anilines is 1. The SMILES string of the molecule is CN(CC(=O)Nc1ccccc1Cl)C(=O)CC1CC2CCC1C2. The summed E-state index contributed by atoms with van der Waals surface area (Å²) in [6.07, 6.45) is 5.69. The lowest BCUT2D eigenvalue weighted by Crippen LogP contribution is -2.36. The lowest BCUT2D eigenvalue weighted by atomic mass is 9.86. The molecule has 1 aromatic rings. The maximum atomic E-state index is 12.4. The van der Waals surface area contributed by atoms with Gasteiger partial charge in [-0.05, 0) is 49.1 Å². The standard InChI is InChI=1S/C18H23ClN2O2/c1-21(11-17(22)20-16-5-3-2-4-15(16)19)18(23)10-14-9-12-6-7-13(14)8-12/h2-5,12-14H,6-11H2,1H3,(H,20,22). The second-order valence-electron chi connectivity index (χ2n) is 6.92. The number of hydrogen-bond donors (Lipinski definition) is 1. The number of para-hydroxylation sites is 1. The molecule has 2 aliphatic carbocycles. The lowest BCUT2D eigenvalue weighted by Gasteiger charge is -2.24. The molecule has 0 radical (unpaired) electrons. The highest BCUT2D eigenvalue weighted by Crippen LogP contribution is 2.49. The monoisotopic (exact) mass is 334 g/mol. The van der Waals surface area contributed by atoms with Crippen LogP contribution in [0.5, 0.6) is 0 Å². The summed E-state index contributed by atoms with van der Waals surface area (Å²) in [5.74, 6) is 1.94. The number of rotatable bonds is 5. The van der Waals surface area contributed by atoms with Gasteiger partial charge in [-0.3, -0.25) is 9.59 Å². The third kappa shape index (κ3) is 3.86. The van der Waals surface area contributed by atoms with E-state index < -0.39 is 0 Å². The predicted octanol–water partition coefficient (Wildman–Crippen LogP) is 3.56. The van der Waals surface area contributed by atoms with E-state index in [9.17, 15) is 9.59 Å². The van der Waals surface area contributed by atoms with Crippen molar-refractivity contribution in [3.05, 3.63) is 29.3 Å². The van der Waals surface area contributed by atoms with Gasteiger partial charge in [-0.25, -0.2) is 0 Å². The minimum absolute atomic E-state index is 0.0604. The molecule has 2 aliphatic rings. The van der Waals surface area contributed by atoms with E-state index in [0.29, 0.717) is 23.0 Å². The first-order chi connectivity index (χ1) is 11.0. The molecule has 0 spiro atoms. The molecule has 4 nitrogen and oxygen atoms in total. The molecular formula is C18H23ClN2O2. The summed E-state index contributed by atoms with van der Waals surface area (Å²) in [6, 6.07) is 7.09. The molecule has 2 amide bonds. The first-order valence-corrected chi connectivity index (χ1v) is 8.69. The summed E-state index contributed by atoms with van der Waals surface area (Å²) in [4.78, 5) is 26.0. The number of fused-ring (bicyclic) bond motifs is 2. The van der Waals surface area contributed by atoms with E-state index in [0.717, 1.165) is 11.8 Å². The van der Waals surface area contributed by atoms with Crippen LogP contribution < -0.4 is 5.32 Å². The molecule has 23 heavy (non-hydrogen) atoms. The highest BCUT2D eigenvalue weighted by molar-refractivity contribution is 6.33. The van der Waals surface area contributed by atoms with Gasteiger partial charge in [0.2, 0.25) is 11.8 Å². The number of hydrogen-bond acceptors (Lipinski definition) is 2. The molecule has 5 heteroatoms. The van der Waals surface area contributed by atoms with Crippen molar-refractivity contribution in [3.8, 4) is 0 Å². The van der Waals surface area contributed by atoms with Gasteiger partial charge in [0.05, 0.1) is 17.3 Å². The first-order valence-electron chi connectivity index (χ1n) is 8.31. The van der Waals surface area contributed by atoms with E-state index in [-0.39, 0.29) is 18.4 Å². The van der Waals surface area contributed by atoms with Crippen molar-refractivity contribution in [2.24, 2.45) is 17.8 Å². The maximum Gasteiger partial charge on any atom is 0.244 e. The zero-order valence-corrected chi connectivity index (χ0v) is 14.2. The fourth-order valence-corrected chi connectivity index (χ4v) is 4.25. The van der Waals surface area contributed by atoms with E-state index in [2.05, 4.69) is 5.32 Å². The smallest absolute Gasteiger partial charge is 0.244 e. The summed E-state index contributed by atoms with van der Waals surface area (Å²) < 4.78 is 0. The van der Waals surface area contributed by atoms with Crippen LogP contribution in [0.15, 0.2) is 24.3 Å². The summed E-state index contributed by atoms with van der Waals surface area (Å²) >= 11 is 6.02. The largest absolute Gasteiger partial charge is 0.336 e. The van der Waals surface area contributed by atoms with Gasteiger partial charge in [0.1, 0.15) is 0 Å². The second kappa shape index (κ2) is 6.91. The second-order valence-corrected chi connectivity index (χ2v) is 7.32. The Kier molecular flexibility index (Phi) is 4.90. The molecular weight excluding hydrogens is 312 g/mol. The number of halogens is 1. The van der Waals surface area contributed by atoms with Crippen molar-refractivity contribution in [1.29, 1.82) is 0 Å². The molecule has 1 N–H and O–H groups in total. The van der Waals surface area contributed by atoms with Crippen LogP contribution in [0.25, 0.3) is 0 Å². The number of benzene rings is 1. The first kappa shape index (κ1) is 16.3. The number of carbonyl (C=O) groups excluding carboxylic acids is 2. The van der Waals surface area contributed by atoms with Gasteiger partial charge < -0.3 is 10.2 Å². The fraction of sp³-hybridized carbons (Fsp3) is 0.556. The van der Waals surface area contributed by atoms with E-state index in [1.54, 1.807) is 19.2 Å². The minimum Gasteiger partial charge on any atom is -0.336 e. The summed E-state index contributed by atoms with van der Waals surface area (Å²) in [7, 11) is 1.70. The zero-order valence-electron chi connectivity index (χ0n) is 13.4. The molecule has 0 aromatic heterocycles. The zero-order chi connectivity index (χ0) is 16.4. The van der Waals surface area contributed by atoms with Crippen LogP contribution in [0, 0.1) is 17.8 Å². The van der Waals surface area contributed by atoms with Gasteiger partial charge in [-0.1, -0.05) is 30.2 Å². The maximum absolute atomic E-state index is 12.4. The average Bonchev–Trinajstić information content (AvgIpc) is 3.12. The van der Waals surface area contributed by atoms with E-state index in [1.807, 2.05) is 12.1 Å². The highest BCUT2D eigenvalue weighted by Gasteiger charge is 2.40. The molecule has 3 rings (SSSR count). The lowest BCUT2D eigenvalue weighted by molar-refractivity contribution is -0.134. The number of carbonyl (C=O) groups is 2. The topological polar surface area (TPSA) is 49.4 Å². The number of nitrogens with zero attached hydrogens (tertiary/aromatic N) is 1. The Morgan fingerprint density at radius 3 is 2.70 bits per heavy atom. The van der Waals surface area contributed by atoms with Gasteiger partial charge in [0.25, 0.3) is 0 Å². The van der Waals surface area contributed by atoms with Gasteiger partial charge >= 0.3 is 0 Å². The average molecular weight is 335 g/mol. The van der Waals surface area contributed by atoms with Crippen LogP contribution in [0.2, 0.25) is 5.02 Å². The molecule has 0 heterocycles. The Balaban J connectivity index is 1.48. The number of likely N-dealkylation sites (N-methyl/N-ethyl adjacent to an activating group) is 1. The van der Waals surface area contributed by atoms with Crippen molar-refractivity contribution < 1.29 is 9.59 Å². The van der Waals surface area contributed by atoms with Gasteiger partial charge in [0.15, 0.2) is 0 Å². The molecule has 2 saturated carbocycles. The Bertz CT molecular complexity index is 604. The normalized spacial score (nSPS) is 25.4. The molecule has 2 fully saturated rings. The van der Waals surface area contributed by atoms with Crippen LogP contribution in [0.1, 0.15) is 32.1 Å². The molecule has 3 unspecified atom stereocenters. The fourth-order valence-electron chi connectivity index (χ4n) is 4.06. The quantitative estimate of drug-likeness (QED) is 0.895. The van der Waals surface area contributed by atoms with Crippen LogP contribution in [0.4, 0.5) is 5.69 Å². The molecule has 1 aromatic carbocycles. The minimum atomic E-state index is -0.220. The number of amides is 2. The van der Waals surface area contributed by atoms with E-state index in [4.69, 9.17) is 11.6 Å². The van der Waals surface area contributed by atoms with Crippen molar-refractivity contribution in [2.75, 3.05) is 18.9 Å². The van der Waals surface area contributed by atoms with Crippen molar-refractivity contribution in [3.63, 3.8) is 0 Å². The summed E-state index contributed by atoms with van der Waals surface area (Å²) in [6.45, 7) is 0.0604. The van der Waals surface area contributed by atoms with Crippen molar-refractivity contribution >= 4 is 29.1 Å². The summed E-state index contributed by atoms with van der Waals surface area (Å²) in [5, 5.41) is 3.25. The van der Waals surface area contributed by atoms with E-state index >= 15 is 0 Å². The Morgan fingerprint density at radius 2 is 2.04 bits per heavy atom. The third-order valence-corrected chi connectivity index (χ3v) is 5.61. The third-order valence-electron chi connectivity index (χ3n) is 5.28. The number of nitrogens with one attached hydrogen (secondary N) is 1.